The minimum Gasteiger partial charge on any atom is -0.345 e. The van der Waals surface area contributed by atoms with Crippen LogP contribution in [0.1, 0.15) is 28.2 Å². The highest BCUT2D eigenvalue weighted by molar-refractivity contribution is 7.98. The van der Waals surface area contributed by atoms with Gasteiger partial charge in [-0.3, -0.25) is 8.77 Å². The summed E-state index contributed by atoms with van der Waals surface area (Å²) in [6.07, 6.45) is 17.0. The molecule has 0 aliphatic heterocycles. The molecule has 0 bridgehead atoms. The number of rotatable bonds is 6. The first-order chi connectivity index (χ1) is 16.3. The van der Waals surface area contributed by atoms with Crippen molar-refractivity contribution >= 4 is 34.3 Å². The number of benzene rings is 2. The predicted octanol–water partition coefficient (Wildman–Crippen LogP) is 5.82. The van der Waals surface area contributed by atoms with Gasteiger partial charge in [0.25, 0.3) is 5.91 Å². The van der Waals surface area contributed by atoms with E-state index >= 15 is 0 Å². The van der Waals surface area contributed by atoms with Gasteiger partial charge in [0.2, 0.25) is 0 Å². The Morgan fingerprint density at radius 2 is 1.79 bits per heavy atom. The lowest BCUT2D eigenvalue weighted by atomic mass is 10.0. The Balaban J connectivity index is 1.34. The normalized spacial score (nSPS) is 13.0. The van der Waals surface area contributed by atoms with Crippen LogP contribution in [0.25, 0.3) is 16.5 Å². The fourth-order valence-electron chi connectivity index (χ4n) is 3.72. The number of hydrogen-bond acceptors (Lipinski definition) is 4. The van der Waals surface area contributed by atoms with Crippen molar-refractivity contribution < 1.29 is 4.79 Å². The molecule has 162 valence electrons. The summed E-state index contributed by atoms with van der Waals surface area (Å²) in [5, 5.41) is 4.10. The smallest absolute Gasteiger partial charge is 0.251 e. The summed E-state index contributed by atoms with van der Waals surface area (Å²) in [6.45, 7) is 0.300. The van der Waals surface area contributed by atoms with Crippen LogP contribution in [-0.2, 0) is 6.54 Å². The molecule has 5 nitrogen and oxygen atoms in total. The number of carbonyl (C=O) groups excluding carboxylic acids is 1. The Hall–Kier alpha value is -3.90. The largest absolute Gasteiger partial charge is 0.345 e. The van der Waals surface area contributed by atoms with Gasteiger partial charge in [-0.15, -0.1) is 0 Å². The quantitative estimate of drug-likeness (QED) is 0.402. The van der Waals surface area contributed by atoms with E-state index in [1.54, 1.807) is 30.4 Å². The average molecular weight is 451 g/mol. The number of hydrogen-bond donors (Lipinski definition) is 1. The van der Waals surface area contributed by atoms with Crippen molar-refractivity contribution in [3.8, 4) is 0 Å². The number of nitrogens with zero attached hydrogens (tertiary/aromatic N) is 3. The third kappa shape index (κ3) is 4.81. The molecule has 1 N–H and O–H groups in total. The van der Waals surface area contributed by atoms with Crippen LogP contribution in [0.5, 0.6) is 0 Å². The lowest BCUT2D eigenvalue weighted by molar-refractivity contribution is 0.0950. The lowest BCUT2D eigenvalue weighted by Crippen LogP contribution is -2.23. The third-order valence-electron chi connectivity index (χ3n) is 5.36. The van der Waals surface area contributed by atoms with Gasteiger partial charge in [-0.05, 0) is 60.3 Å². The molecule has 2 aromatic carbocycles. The maximum Gasteiger partial charge on any atom is 0.251 e. The zero-order chi connectivity index (χ0) is 22.5. The second kappa shape index (κ2) is 9.71. The summed E-state index contributed by atoms with van der Waals surface area (Å²) < 4.78 is 2.20. The zero-order valence-electron chi connectivity index (χ0n) is 17.9. The minimum absolute atomic E-state index is 0.144. The van der Waals surface area contributed by atoms with Crippen molar-refractivity contribution in [2.24, 2.45) is 0 Å². The van der Waals surface area contributed by atoms with Gasteiger partial charge < -0.3 is 5.32 Å². The fraction of sp³-hybridized carbons (Fsp3) is 0.0741. The maximum absolute atomic E-state index is 12.5. The van der Waals surface area contributed by atoms with Gasteiger partial charge in [0.15, 0.2) is 0 Å². The third-order valence-corrected chi connectivity index (χ3v) is 6.35. The molecule has 1 aliphatic carbocycles. The van der Waals surface area contributed by atoms with E-state index in [2.05, 4.69) is 80.1 Å². The van der Waals surface area contributed by atoms with E-state index in [4.69, 9.17) is 0 Å². The molecule has 0 radical (unpaired) electrons. The molecule has 0 saturated carbocycles. The van der Waals surface area contributed by atoms with Crippen LogP contribution >= 0.6 is 11.9 Å². The van der Waals surface area contributed by atoms with E-state index in [0.717, 1.165) is 11.3 Å². The molecule has 2 heterocycles. The monoisotopic (exact) mass is 450 g/mol. The Morgan fingerprint density at radius 1 is 0.970 bits per heavy atom. The van der Waals surface area contributed by atoms with Gasteiger partial charge in [-0.25, -0.2) is 9.97 Å². The van der Waals surface area contributed by atoms with Crippen LogP contribution in [0.15, 0.2) is 108 Å². The number of nitrogens with one attached hydrogen (secondary N) is 1. The first-order valence-electron chi connectivity index (χ1n) is 10.7. The lowest BCUT2D eigenvalue weighted by Gasteiger charge is -2.07. The summed E-state index contributed by atoms with van der Waals surface area (Å²) in [5.74, 6) is 0.442. The van der Waals surface area contributed by atoms with Crippen molar-refractivity contribution in [2.45, 2.75) is 17.9 Å². The van der Waals surface area contributed by atoms with Gasteiger partial charge in [-0.1, -0.05) is 48.6 Å². The number of para-hydroxylation sites is 1. The Morgan fingerprint density at radius 3 is 2.64 bits per heavy atom. The maximum atomic E-state index is 12.5. The van der Waals surface area contributed by atoms with Crippen molar-refractivity contribution in [3.05, 3.63) is 121 Å². The van der Waals surface area contributed by atoms with E-state index in [9.17, 15) is 4.79 Å². The Kier molecular flexibility index (Phi) is 6.17. The predicted molar refractivity (Wildman–Crippen MR) is 134 cm³/mol. The highest BCUT2D eigenvalue weighted by Crippen LogP contribution is 2.34. The molecule has 1 amide bonds. The van der Waals surface area contributed by atoms with Gasteiger partial charge in [-0.2, -0.15) is 0 Å². The van der Waals surface area contributed by atoms with Crippen molar-refractivity contribution in [3.63, 3.8) is 0 Å². The van der Waals surface area contributed by atoms with Crippen molar-refractivity contribution in [1.82, 2.24) is 19.3 Å². The highest BCUT2D eigenvalue weighted by Gasteiger charge is 2.13. The molecule has 6 heteroatoms. The Bertz CT molecular complexity index is 1370. The summed E-state index contributed by atoms with van der Waals surface area (Å²) in [5.41, 5.74) is 4.31. The van der Waals surface area contributed by atoms with E-state index in [1.165, 1.54) is 22.0 Å². The van der Waals surface area contributed by atoms with E-state index in [0.29, 0.717) is 17.9 Å². The number of carbonyl (C=O) groups is 1. The van der Waals surface area contributed by atoms with Gasteiger partial charge in [0, 0.05) is 40.0 Å². The van der Waals surface area contributed by atoms with Gasteiger partial charge in [0.1, 0.15) is 5.82 Å². The van der Waals surface area contributed by atoms with Crippen LogP contribution in [0.3, 0.4) is 0 Å². The molecule has 1 aliphatic rings. The average Bonchev–Trinajstić information content (AvgIpc) is 3.03. The zero-order valence-corrected chi connectivity index (χ0v) is 18.7. The Labute approximate surface area is 196 Å². The summed E-state index contributed by atoms with van der Waals surface area (Å²) in [4.78, 5) is 21.8. The molecule has 5 rings (SSSR count). The van der Waals surface area contributed by atoms with E-state index in [-0.39, 0.29) is 5.91 Å². The van der Waals surface area contributed by atoms with Crippen molar-refractivity contribution in [2.75, 3.05) is 0 Å². The molecule has 0 saturated heterocycles. The number of fused-ring (bicyclic) bond motifs is 1. The van der Waals surface area contributed by atoms with E-state index in [1.807, 2.05) is 24.3 Å². The fourth-order valence-corrected chi connectivity index (χ4v) is 4.62. The molecular weight excluding hydrogens is 428 g/mol. The van der Waals surface area contributed by atoms with Crippen molar-refractivity contribution in [1.29, 1.82) is 0 Å². The molecule has 33 heavy (non-hydrogen) atoms. The standard InChI is InChI=1S/C27H22N4OS/c32-27(30-18-26-28-16-7-17-29-26)21-12-14-22(15-13-21)33-31-19-24(20-8-3-1-2-4-9-20)23-10-5-6-11-25(23)31/h1-8,10-17,19H,9,18H2,(H,30,32). The number of allylic oxidation sites excluding steroid dienone is 6. The summed E-state index contributed by atoms with van der Waals surface area (Å²) in [6, 6.07) is 17.9. The first kappa shape index (κ1) is 21.0. The number of aromatic nitrogens is 3. The summed E-state index contributed by atoms with van der Waals surface area (Å²) in [7, 11) is 0. The molecule has 4 aromatic rings. The van der Waals surface area contributed by atoms with Crippen LogP contribution in [0.4, 0.5) is 0 Å². The molecule has 0 fully saturated rings. The second-order valence-electron chi connectivity index (χ2n) is 7.56. The van der Waals surface area contributed by atoms with Crippen LogP contribution < -0.4 is 5.32 Å². The SMILES string of the molecule is O=C(NCc1ncccn1)c1ccc(Sn2cc(C3=CC=CC=CC3)c3ccccc32)cc1. The molecule has 2 aromatic heterocycles. The number of amides is 1. The van der Waals surface area contributed by atoms with E-state index < -0.39 is 0 Å². The summed E-state index contributed by atoms with van der Waals surface area (Å²) >= 11 is 1.64. The molecule has 0 unspecified atom stereocenters. The molecular formula is C27H22N4OS. The minimum atomic E-state index is -0.144. The molecule has 0 atom stereocenters. The first-order valence-corrected chi connectivity index (χ1v) is 11.5. The highest BCUT2D eigenvalue weighted by atomic mass is 32.2. The van der Waals surface area contributed by atoms with Gasteiger partial charge in [0.05, 0.1) is 12.1 Å². The second-order valence-corrected chi connectivity index (χ2v) is 8.61. The van der Waals surface area contributed by atoms with Gasteiger partial charge >= 0.3 is 0 Å². The van der Waals surface area contributed by atoms with Crippen LogP contribution in [0.2, 0.25) is 0 Å². The van der Waals surface area contributed by atoms with Crippen LogP contribution in [-0.4, -0.2) is 19.8 Å². The molecule has 0 spiro atoms. The van der Waals surface area contributed by atoms with Crippen LogP contribution in [0, 0.1) is 0 Å². The topological polar surface area (TPSA) is 59.8 Å².